The van der Waals surface area contributed by atoms with Gasteiger partial charge in [-0.3, -0.25) is 9.79 Å². The molecule has 1 heterocycles. The molecule has 0 aromatic heterocycles. The molecule has 184 valence electrons. The number of sulfonamides is 1. The molecule has 1 aliphatic heterocycles. The molecule has 34 heavy (non-hydrogen) atoms. The Kier molecular flexibility index (Phi) is 8.49. The minimum absolute atomic E-state index is 0.0228. The van der Waals surface area contributed by atoms with E-state index in [1.165, 1.54) is 4.31 Å². The molecule has 0 spiro atoms. The van der Waals surface area contributed by atoms with Gasteiger partial charge < -0.3 is 10.2 Å². The number of nitrogens with one attached hydrogen (secondary N) is 1. The Morgan fingerprint density at radius 2 is 1.68 bits per heavy atom. The molecule has 2 aromatic carbocycles. The molecule has 0 fully saturated rings. The number of amides is 1. The lowest BCUT2D eigenvalue weighted by molar-refractivity contribution is -0.130. The zero-order chi connectivity index (χ0) is 24.9. The van der Waals surface area contributed by atoms with Crippen molar-refractivity contribution >= 4 is 21.8 Å². The Balaban J connectivity index is 1.47. The third kappa shape index (κ3) is 6.24. The van der Waals surface area contributed by atoms with E-state index in [4.69, 9.17) is 0 Å². The molecule has 0 unspecified atom stereocenters. The van der Waals surface area contributed by atoms with Crippen LogP contribution in [-0.2, 0) is 21.2 Å². The first-order chi connectivity index (χ1) is 16.1. The first kappa shape index (κ1) is 25.9. The van der Waals surface area contributed by atoms with Gasteiger partial charge >= 0.3 is 0 Å². The number of hydrogen-bond acceptors (Lipinski definition) is 5. The number of likely N-dealkylation sites (N-methyl/N-ethyl adjacent to an activating group) is 1. The van der Waals surface area contributed by atoms with Crippen LogP contribution in [-0.4, -0.2) is 69.6 Å². The predicted octanol–water partition coefficient (Wildman–Crippen LogP) is 3.06. The Bertz CT molecular complexity index is 1130. The van der Waals surface area contributed by atoms with Crippen LogP contribution in [0.4, 0.5) is 0 Å². The third-order valence-electron chi connectivity index (χ3n) is 6.20. The summed E-state index contributed by atoms with van der Waals surface area (Å²) in [7, 11) is -0.215. The van der Waals surface area contributed by atoms with E-state index in [2.05, 4.69) is 34.6 Å². The summed E-state index contributed by atoms with van der Waals surface area (Å²) in [6.45, 7) is 8.23. The van der Waals surface area contributed by atoms with Crippen LogP contribution in [0.15, 0.2) is 46.3 Å². The van der Waals surface area contributed by atoms with Crippen LogP contribution in [0.25, 0.3) is 0 Å². The zero-order valence-corrected chi connectivity index (χ0v) is 21.7. The average molecular weight is 485 g/mol. The monoisotopic (exact) mass is 484 g/mol. The lowest BCUT2D eigenvalue weighted by Crippen LogP contribution is -2.32. The maximum absolute atomic E-state index is 13.1. The highest BCUT2D eigenvalue weighted by molar-refractivity contribution is 7.89. The second-order valence-electron chi connectivity index (χ2n) is 9.08. The van der Waals surface area contributed by atoms with E-state index in [1.807, 2.05) is 32.9 Å². The van der Waals surface area contributed by atoms with Crippen molar-refractivity contribution in [3.05, 3.63) is 64.2 Å². The van der Waals surface area contributed by atoms with Crippen molar-refractivity contribution < 1.29 is 13.2 Å². The van der Waals surface area contributed by atoms with Crippen LogP contribution in [0.2, 0.25) is 0 Å². The van der Waals surface area contributed by atoms with E-state index in [9.17, 15) is 13.2 Å². The molecule has 3 rings (SSSR count). The normalized spacial score (nSPS) is 13.6. The summed E-state index contributed by atoms with van der Waals surface area (Å²) in [4.78, 5) is 19.1. The van der Waals surface area contributed by atoms with E-state index < -0.39 is 10.0 Å². The summed E-state index contributed by atoms with van der Waals surface area (Å²) in [5, 5.41) is 3.27. The van der Waals surface area contributed by atoms with E-state index in [0.29, 0.717) is 30.8 Å². The fraction of sp³-hybridized carbons (Fsp3) is 0.462. The average Bonchev–Trinajstić information content (AvgIpc) is 3.31. The maximum atomic E-state index is 13.1. The van der Waals surface area contributed by atoms with Crippen LogP contribution >= 0.6 is 0 Å². The van der Waals surface area contributed by atoms with Crippen molar-refractivity contribution in [2.24, 2.45) is 4.99 Å². The van der Waals surface area contributed by atoms with Gasteiger partial charge in [0.25, 0.3) is 0 Å². The second-order valence-corrected chi connectivity index (χ2v) is 11.1. The fourth-order valence-corrected chi connectivity index (χ4v) is 5.95. The highest BCUT2D eigenvalue weighted by Crippen LogP contribution is 2.24. The molecule has 2 aromatic rings. The van der Waals surface area contributed by atoms with Gasteiger partial charge in [0, 0.05) is 45.7 Å². The number of aliphatic imine (C=N–C) groups is 1. The first-order valence-electron chi connectivity index (χ1n) is 11.8. The summed E-state index contributed by atoms with van der Waals surface area (Å²) < 4.78 is 27.5. The van der Waals surface area contributed by atoms with Crippen molar-refractivity contribution in [1.82, 2.24) is 14.5 Å². The lowest BCUT2D eigenvalue weighted by Gasteiger charge is -2.21. The highest BCUT2D eigenvalue weighted by atomic mass is 32.2. The molecule has 1 N–H and O–H groups in total. The molecule has 0 saturated carbocycles. The molecule has 0 bridgehead atoms. The van der Waals surface area contributed by atoms with Crippen molar-refractivity contribution in [1.29, 1.82) is 0 Å². The van der Waals surface area contributed by atoms with Gasteiger partial charge in [0.15, 0.2) is 0 Å². The van der Waals surface area contributed by atoms with Gasteiger partial charge in [-0.25, -0.2) is 12.7 Å². The van der Waals surface area contributed by atoms with Crippen molar-refractivity contribution in [2.75, 3.05) is 40.3 Å². The number of benzene rings is 2. The summed E-state index contributed by atoms with van der Waals surface area (Å²) in [6.07, 6.45) is 1.56. The molecule has 7 nitrogen and oxygen atoms in total. The fourth-order valence-electron chi connectivity index (χ4n) is 4.34. The highest BCUT2D eigenvalue weighted by Gasteiger charge is 2.25. The Labute approximate surface area is 203 Å². The molecule has 1 amide bonds. The van der Waals surface area contributed by atoms with Crippen LogP contribution < -0.4 is 5.32 Å². The van der Waals surface area contributed by atoms with E-state index >= 15 is 0 Å². The topological polar surface area (TPSA) is 82.1 Å². The van der Waals surface area contributed by atoms with Crippen molar-refractivity contribution in [3.8, 4) is 0 Å². The van der Waals surface area contributed by atoms with Crippen LogP contribution in [0, 0.1) is 20.8 Å². The molecule has 0 radical (unpaired) electrons. The Hall–Kier alpha value is -2.71. The number of aryl methyl sites for hydroxylation is 3. The quantitative estimate of drug-likeness (QED) is 0.562. The Morgan fingerprint density at radius 3 is 2.26 bits per heavy atom. The number of carbonyl (C=O) groups is 1. The number of hydrogen-bond donors (Lipinski definition) is 1. The van der Waals surface area contributed by atoms with Gasteiger partial charge in [-0.2, -0.15) is 0 Å². The largest absolute Gasteiger partial charge is 0.368 e. The molecular weight excluding hydrogens is 448 g/mol. The molecule has 0 aliphatic carbocycles. The van der Waals surface area contributed by atoms with E-state index in [0.717, 1.165) is 53.2 Å². The summed E-state index contributed by atoms with van der Waals surface area (Å²) in [5.74, 6) is 0.966. The van der Waals surface area contributed by atoms with Crippen molar-refractivity contribution in [3.63, 3.8) is 0 Å². The minimum atomic E-state index is -3.60. The lowest BCUT2D eigenvalue weighted by atomic mass is 10.1. The van der Waals surface area contributed by atoms with Gasteiger partial charge in [-0.15, -0.1) is 0 Å². The van der Waals surface area contributed by atoms with E-state index in [-0.39, 0.29) is 5.91 Å². The smallest absolute Gasteiger partial charge is 0.243 e. The zero-order valence-electron chi connectivity index (χ0n) is 20.9. The molecule has 8 heteroatoms. The number of rotatable bonds is 10. The number of nitrogens with zero attached hydrogens (tertiary/aromatic N) is 3. The van der Waals surface area contributed by atoms with Gasteiger partial charge in [-0.1, -0.05) is 42.0 Å². The van der Waals surface area contributed by atoms with Gasteiger partial charge in [-0.05, 0) is 50.3 Å². The Morgan fingerprint density at radius 1 is 1.03 bits per heavy atom. The standard InChI is InChI=1S/C26H36N4O3S/c1-19-17-20(2)25(21(3)18-19)34(32,33)30(5)15-6-7-24(31)29(4)16-12-22-8-10-23(11-9-22)26-27-13-14-28-26/h8-11,17-18H,6-7,12-16H2,1-5H3,(H,27,28). The summed E-state index contributed by atoms with van der Waals surface area (Å²) >= 11 is 0. The maximum Gasteiger partial charge on any atom is 0.243 e. The second kappa shape index (κ2) is 11.1. The number of carbonyl (C=O) groups excluding carboxylic acids is 1. The minimum Gasteiger partial charge on any atom is -0.368 e. The SMILES string of the molecule is Cc1cc(C)c(S(=O)(=O)N(C)CCCC(=O)N(C)CCc2ccc(C3=NCCN3)cc2)c(C)c1. The van der Waals surface area contributed by atoms with Gasteiger partial charge in [0.1, 0.15) is 5.84 Å². The van der Waals surface area contributed by atoms with E-state index in [1.54, 1.807) is 19.0 Å². The van der Waals surface area contributed by atoms with Crippen LogP contribution in [0.1, 0.15) is 40.7 Å². The third-order valence-corrected chi connectivity index (χ3v) is 8.36. The molecule has 0 atom stereocenters. The molecule has 1 aliphatic rings. The van der Waals surface area contributed by atoms with Gasteiger partial charge in [0.05, 0.1) is 11.4 Å². The predicted molar refractivity (Wildman–Crippen MR) is 137 cm³/mol. The first-order valence-corrected chi connectivity index (χ1v) is 13.2. The molecule has 0 saturated heterocycles. The van der Waals surface area contributed by atoms with Crippen molar-refractivity contribution in [2.45, 2.75) is 44.9 Å². The van der Waals surface area contributed by atoms with Crippen LogP contribution in [0.3, 0.4) is 0 Å². The summed E-state index contributed by atoms with van der Waals surface area (Å²) in [5.41, 5.74) is 4.79. The molecular formula is C26H36N4O3S. The summed E-state index contributed by atoms with van der Waals surface area (Å²) in [6, 6.07) is 12.0. The van der Waals surface area contributed by atoms with Crippen LogP contribution in [0.5, 0.6) is 0 Å². The van der Waals surface area contributed by atoms with Gasteiger partial charge in [0.2, 0.25) is 15.9 Å². The number of amidine groups is 1.